The first-order chi connectivity index (χ1) is 12.5. The third kappa shape index (κ3) is 5.03. The van der Waals surface area contributed by atoms with Crippen LogP contribution >= 0.6 is 22.9 Å². The minimum atomic E-state index is -0.278. The monoisotopic (exact) mass is 393 g/mol. The zero-order valence-electron chi connectivity index (χ0n) is 14.4. The number of halogens is 1. The summed E-state index contributed by atoms with van der Waals surface area (Å²) in [6.07, 6.45) is 1.82. The van der Waals surface area contributed by atoms with Crippen LogP contribution in [0.4, 0.5) is 5.13 Å². The summed E-state index contributed by atoms with van der Waals surface area (Å²) >= 11 is 7.25. The molecule has 2 heterocycles. The van der Waals surface area contributed by atoms with Crippen molar-refractivity contribution in [3.05, 3.63) is 45.9 Å². The topological polar surface area (TPSA) is 71.5 Å². The van der Waals surface area contributed by atoms with Gasteiger partial charge in [-0.3, -0.25) is 9.59 Å². The van der Waals surface area contributed by atoms with Crippen LogP contribution in [0.15, 0.2) is 29.6 Å². The number of nitrogens with zero attached hydrogens (tertiary/aromatic N) is 2. The van der Waals surface area contributed by atoms with Gasteiger partial charge in [0.1, 0.15) is 6.54 Å². The van der Waals surface area contributed by atoms with Crippen molar-refractivity contribution in [2.75, 3.05) is 25.0 Å². The van der Waals surface area contributed by atoms with Gasteiger partial charge in [-0.25, -0.2) is 4.98 Å². The normalized spacial score (nSPS) is 16.5. The zero-order chi connectivity index (χ0) is 18.5. The molecule has 0 radical (unpaired) electrons. The second kappa shape index (κ2) is 8.62. The molecule has 1 fully saturated rings. The summed E-state index contributed by atoms with van der Waals surface area (Å²) in [6.45, 7) is 2.88. The molecule has 138 valence electrons. The highest BCUT2D eigenvalue weighted by molar-refractivity contribution is 7.13. The molecule has 1 aliphatic rings. The number of carbonyl (C=O) groups excluding carboxylic acids is 2. The number of amides is 2. The lowest BCUT2D eigenvalue weighted by molar-refractivity contribution is -0.117. The van der Waals surface area contributed by atoms with Crippen LogP contribution < -0.4 is 5.32 Å². The molecule has 8 heteroatoms. The molecule has 0 aliphatic carbocycles. The maximum atomic E-state index is 12.9. The van der Waals surface area contributed by atoms with E-state index in [1.165, 1.54) is 16.2 Å². The lowest BCUT2D eigenvalue weighted by Gasteiger charge is -2.25. The standard InChI is InChI=1S/C18H20ClN3O3S/c1-12-11-26-18(20-12)21-16(23)10-22(9-15-3-2-8-25-15)17(24)13-4-6-14(19)7-5-13/h4-7,11,15H,2-3,8-10H2,1H3,(H,20,21,23). The van der Waals surface area contributed by atoms with E-state index >= 15 is 0 Å². The summed E-state index contributed by atoms with van der Waals surface area (Å²) in [5.41, 5.74) is 1.34. The number of anilines is 1. The minimum Gasteiger partial charge on any atom is -0.376 e. The van der Waals surface area contributed by atoms with Gasteiger partial charge in [-0.1, -0.05) is 11.6 Å². The van der Waals surface area contributed by atoms with Crippen LogP contribution in [-0.2, 0) is 9.53 Å². The van der Waals surface area contributed by atoms with E-state index in [4.69, 9.17) is 16.3 Å². The predicted molar refractivity (Wildman–Crippen MR) is 102 cm³/mol. The summed E-state index contributed by atoms with van der Waals surface area (Å²) in [4.78, 5) is 31.0. The van der Waals surface area contributed by atoms with Gasteiger partial charge in [-0.2, -0.15) is 0 Å². The fourth-order valence-electron chi connectivity index (χ4n) is 2.77. The average Bonchev–Trinajstić information content (AvgIpc) is 3.26. The number of aryl methyl sites for hydroxylation is 1. The maximum absolute atomic E-state index is 12.9. The van der Waals surface area contributed by atoms with Gasteiger partial charge in [0.15, 0.2) is 5.13 Å². The van der Waals surface area contributed by atoms with Crippen molar-refractivity contribution in [2.24, 2.45) is 0 Å². The van der Waals surface area contributed by atoms with Gasteiger partial charge in [0.05, 0.1) is 11.8 Å². The Balaban J connectivity index is 1.70. The summed E-state index contributed by atoms with van der Waals surface area (Å²) in [7, 11) is 0. The molecule has 2 amide bonds. The molecule has 26 heavy (non-hydrogen) atoms. The van der Waals surface area contributed by atoms with Gasteiger partial charge in [-0.05, 0) is 44.0 Å². The van der Waals surface area contributed by atoms with E-state index in [9.17, 15) is 9.59 Å². The first-order valence-corrected chi connectivity index (χ1v) is 9.65. The Morgan fingerprint density at radius 2 is 2.15 bits per heavy atom. The lowest BCUT2D eigenvalue weighted by Crippen LogP contribution is -2.42. The van der Waals surface area contributed by atoms with Gasteiger partial charge < -0.3 is 15.0 Å². The third-order valence-electron chi connectivity index (χ3n) is 4.03. The number of nitrogens with one attached hydrogen (secondary N) is 1. The first-order valence-electron chi connectivity index (χ1n) is 8.39. The third-order valence-corrected chi connectivity index (χ3v) is 5.15. The van der Waals surface area contributed by atoms with E-state index < -0.39 is 0 Å². The summed E-state index contributed by atoms with van der Waals surface area (Å²) < 4.78 is 5.63. The molecule has 3 rings (SSSR count). The van der Waals surface area contributed by atoms with Crippen LogP contribution in [0, 0.1) is 6.92 Å². The number of thiazole rings is 1. The summed E-state index contributed by atoms with van der Waals surface area (Å²) in [5.74, 6) is -0.498. The van der Waals surface area contributed by atoms with Gasteiger partial charge in [-0.15, -0.1) is 11.3 Å². The van der Waals surface area contributed by atoms with Crippen molar-refractivity contribution in [3.8, 4) is 0 Å². The van der Waals surface area contributed by atoms with Crippen LogP contribution in [-0.4, -0.2) is 47.5 Å². The Morgan fingerprint density at radius 1 is 1.38 bits per heavy atom. The fraction of sp³-hybridized carbons (Fsp3) is 0.389. The van der Waals surface area contributed by atoms with E-state index in [1.807, 2.05) is 12.3 Å². The Hall–Kier alpha value is -1.96. The van der Waals surface area contributed by atoms with Gasteiger partial charge in [0.2, 0.25) is 5.91 Å². The number of hydrogen-bond acceptors (Lipinski definition) is 5. The Bertz CT molecular complexity index is 772. The largest absolute Gasteiger partial charge is 0.376 e. The Morgan fingerprint density at radius 3 is 2.77 bits per heavy atom. The first kappa shape index (κ1) is 18.8. The van der Waals surface area contributed by atoms with Crippen molar-refractivity contribution in [3.63, 3.8) is 0 Å². The van der Waals surface area contributed by atoms with Crippen LogP contribution in [0.3, 0.4) is 0 Å². The highest BCUT2D eigenvalue weighted by atomic mass is 35.5. The molecule has 1 atom stereocenters. The summed E-state index contributed by atoms with van der Waals surface area (Å²) in [6, 6.07) is 6.65. The molecular weight excluding hydrogens is 374 g/mol. The van der Waals surface area contributed by atoms with Crippen LogP contribution in [0.5, 0.6) is 0 Å². The van der Waals surface area contributed by atoms with Crippen LogP contribution in [0.2, 0.25) is 5.02 Å². The van der Waals surface area contributed by atoms with Crippen molar-refractivity contribution in [1.29, 1.82) is 0 Å². The SMILES string of the molecule is Cc1csc(NC(=O)CN(CC2CCCO2)C(=O)c2ccc(Cl)cc2)n1. The van der Waals surface area contributed by atoms with Crippen LogP contribution in [0.25, 0.3) is 0 Å². The summed E-state index contributed by atoms with van der Waals surface area (Å²) in [5, 5.41) is 5.70. The number of aromatic nitrogens is 1. The molecule has 0 saturated carbocycles. The zero-order valence-corrected chi connectivity index (χ0v) is 16.0. The minimum absolute atomic E-state index is 0.0406. The van der Waals surface area contributed by atoms with Crippen molar-refractivity contribution in [2.45, 2.75) is 25.9 Å². The molecule has 0 spiro atoms. The Labute approximate surface area is 161 Å². The number of rotatable bonds is 6. The van der Waals surface area contributed by atoms with Crippen molar-refractivity contribution in [1.82, 2.24) is 9.88 Å². The predicted octanol–water partition coefficient (Wildman–Crippen LogP) is 3.36. The highest BCUT2D eigenvalue weighted by Crippen LogP contribution is 2.18. The molecule has 1 saturated heterocycles. The number of benzene rings is 1. The molecule has 6 nitrogen and oxygen atoms in total. The second-order valence-electron chi connectivity index (χ2n) is 6.17. The number of hydrogen-bond donors (Lipinski definition) is 1. The Kier molecular flexibility index (Phi) is 6.24. The molecule has 1 aromatic heterocycles. The lowest BCUT2D eigenvalue weighted by atomic mass is 10.1. The van der Waals surface area contributed by atoms with E-state index in [0.29, 0.717) is 28.9 Å². The average molecular weight is 394 g/mol. The molecule has 1 aromatic carbocycles. The van der Waals surface area contributed by atoms with Crippen molar-refractivity contribution >= 4 is 39.9 Å². The van der Waals surface area contributed by atoms with E-state index in [1.54, 1.807) is 24.3 Å². The van der Waals surface area contributed by atoms with E-state index in [2.05, 4.69) is 10.3 Å². The molecule has 0 bridgehead atoms. The maximum Gasteiger partial charge on any atom is 0.254 e. The van der Waals surface area contributed by atoms with E-state index in [-0.39, 0.29) is 24.5 Å². The fourth-order valence-corrected chi connectivity index (χ4v) is 3.60. The quantitative estimate of drug-likeness (QED) is 0.816. The number of carbonyl (C=O) groups is 2. The molecule has 1 N–H and O–H groups in total. The second-order valence-corrected chi connectivity index (χ2v) is 7.46. The van der Waals surface area contributed by atoms with E-state index in [0.717, 1.165) is 18.5 Å². The molecule has 1 aliphatic heterocycles. The van der Waals surface area contributed by atoms with Crippen LogP contribution in [0.1, 0.15) is 28.9 Å². The van der Waals surface area contributed by atoms with Crippen molar-refractivity contribution < 1.29 is 14.3 Å². The number of ether oxygens (including phenoxy) is 1. The molecule has 2 aromatic rings. The van der Waals surface area contributed by atoms with Gasteiger partial charge in [0, 0.05) is 29.1 Å². The molecule has 1 unspecified atom stereocenters. The van der Waals surface area contributed by atoms with Gasteiger partial charge in [0.25, 0.3) is 5.91 Å². The molecular formula is C18H20ClN3O3S. The highest BCUT2D eigenvalue weighted by Gasteiger charge is 2.25. The smallest absolute Gasteiger partial charge is 0.254 e. The van der Waals surface area contributed by atoms with Gasteiger partial charge >= 0.3 is 0 Å².